The molecule has 27 heavy (non-hydrogen) atoms. The Bertz CT molecular complexity index is 1250. The maximum Gasteiger partial charge on any atom is 0.268 e. The minimum absolute atomic E-state index is 0.0338. The van der Waals surface area contributed by atoms with Crippen LogP contribution >= 0.6 is 0 Å². The van der Waals surface area contributed by atoms with E-state index >= 15 is 0 Å². The molecule has 0 atom stereocenters. The lowest BCUT2D eigenvalue weighted by atomic mass is 10.1. The van der Waals surface area contributed by atoms with Gasteiger partial charge in [0.2, 0.25) is 0 Å². The van der Waals surface area contributed by atoms with E-state index in [0.717, 1.165) is 15.6 Å². The SMILES string of the molecule is Cc1ccc(S(=O)(=O)n2c(-c3ccccc3)cc3cc(F)cc(F)c32)cc1. The second-order valence-corrected chi connectivity index (χ2v) is 8.09. The summed E-state index contributed by atoms with van der Waals surface area (Å²) in [5.41, 5.74) is 1.60. The van der Waals surface area contributed by atoms with Crippen LogP contribution in [0.15, 0.2) is 77.7 Å². The summed E-state index contributed by atoms with van der Waals surface area (Å²) in [5.74, 6) is -1.69. The molecule has 3 aromatic carbocycles. The summed E-state index contributed by atoms with van der Waals surface area (Å²) >= 11 is 0. The maximum atomic E-state index is 14.6. The smallest absolute Gasteiger partial charge is 0.230 e. The molecule has 0 aliphatic rings. The lowest BCUT2D eigenvalue weighted by Gasteiger charge is -2.13. The monoisotopic (exact) mass is 383 g/mol. The topological polar surface area (TPSA) is 39.1 Å². The van der Waals surface area contributed by atoms with Crippen LogP contribution in [0.1, 0.15) is 5.56 Å². The largest absolute Gasteiger partial charge is 0.268 e. The van der Waals surface area contributed by atoms with Crippen molar-refractivity contribution in [3.8, 4) is 11.3 Å². The standard InChI is InChI=1S/C21H15F2NO2S/c1-14-7-9-18(10-8-14)27(25,26)24-20(15-5-3-2-4-6-15)12-16-11-17(22)13-19(23)21(16)24/h2-13H,1H3. The molecular weight excluding hydrogens is 368 g/mol. The Hall–Kier alpha value is -2.99. The third-order valence-electron chi connectivity index (χ3n) is 4.40. The zero-order chi connectivity index (χ0) is 19.2. The van der Waals surface area contributed by atoms with E-state index in [1.807, 2.05) is 6.92 Å². The summed E-state index contributed by atoms with van der Waals surface area (Å²) in [6.07, 6.45) is 0. The molecule has 0 fully saturated rings. The van der Waals surface area contributed by atoms with Gasteiger partial charge in [-0.15, -0.1) is 0 Å². The predicted molar refractivity (Wildman–Crippen MR) is 101 cm³/mol. The highest BCUT2D eigenvalue weighted by Crippen LogP contribution is 2.34. The first-order valence-electron chi connectivity index (χ1n) is 8.26. The third-order valence-corrected chi connectivity index (χ3v) is 6.13. The van der Waals surface area contributed by atoms with Crippen molar-refractivity contribution in [1.82, 2.24) is 3.97 Å². The molecule has 3 nitrogen and oxygen atoms in total. The first-order chi connectivity index (χ1) is 12.9. The summed E-state index contributed by atoms with van der Waals surface area (Å²) in [5, 5.41) is 0.182. The van der Waals surface area contributed by atoms with Gasteiger partial charge in [-0.2, -0.15) is 0 Å². The van der Waals surface area contributed by atoms with Crippen LogP contribution in [0, 0.1) is 18.6 Å². The molecule has 136 valence electrons. The minimum Gasteiger partial charge on any atom is -0.230 e. The Labute approximate surface area is 155 Å². The van der Waals surface area contributed by atoms with Gasteiger partial charge >= 0.3 is 0 Å². The van der Waals surface area contributed by atoms with E-state index in [1.165, 1.54) is 18.2 Å². The maximum absolute atomic E-state index is 14.6. The summed E-state index contributed by atoms with van der Waals surface area (Å²) in [6.45, 7) is 1.85. The van der Waals surface area contributed by atoms with Gasteiger partial charge in [0.1, 0.15) is 11.3 Å². The van der Waals surface area contributed by atoms with Crippen molar-refractivity contribution in [3.05, 3.63) is 90.0 Å². The van der Waals surface area contributed by atoms with Gasteiger partial charge in [-0.1, -0.05) is 48.0 Å². The minimum atomic E-state index is -4.10. The van der Waals surface area contributed by atoms with Gasteiger partial charge in [0.15, 0.2) is 5.82 Å². The third kappa shape index (κ3) is 2.92. The quantitative estimate of drug-likeness (QED) is 0.492. The lowest BCUT2D eigenvalue weighted by molar-refractivity contribution is 0.580. The first-order valence-corrected chi connectivity index (χ1v) is 9.70. The van der Waals surface area contributed by atoms with E-state index in [4.69, 9.17) is 0 Å². The van der Waals surface area contributed by atoms with Crippen molar-refractivity contribution in [2.75, 3.05) is 0 Å². The highest BCUT2D eigenvalue weighted by atomic mass is 32.2. The van der Waals surface area contributed by atoms with Gasteiger partial charge in [-0.05, 0) is 36.8 Å². The number of benzene rings is 3. The summed E-state index contributed by atoms with van der Waals surface area (Å²) in [7, 11) is -4.10. The van der Waals surface area contributed by atoms with Crippen molar-refractivity contribution in [2.24, 2.45) is 0 Å². The van der Waals surface area contributed by atoms with E-state index in [1.54, 1.807) is 42.5 Å². The second kappa shape index (κ2) is 6.32. The van der Waals surface area contributed by atoms with Gasteiger partial charge in [-0.25, -0.2) is 21.2 Å². The van der Waals surface area contributed by atoms with E-state index in [0.29, 0.717) is 11.6 Å². The van der Waals surface area contributed by atoms with Crippen LogP contribution in [-0.4, -0.2) is 12.4 Å². The zero-order valence-electron chi connectivity index (χ0n) is 14.4. The number of aryl methyl sites for hydroxylation is 1. The van der Waals surface area contributed by atoms with Crippen LogP contribution in [0.5, 0.6) is 0 Å². The molecule has 0 amide bonds. The average Bonchev–Trinajstić information content (AvgIpc) is 3.03. The fourth-order valence-corrected chi connectivity index (χ4v) is 4.65. The normalized spacial score (nSPS) is 11.8. The Kier molecular flexibility index (Phi) is 4.08. The molecule has 0 unspecified atom stereocenters. The highest BCUT2D eigenvalue weighted by Gasteiger charge is 2.26. The molecule has 0 bridgehead atoms. The van der Waals surface area contributed by atoms with Crippen molar-refractivity contribution < 1.29 is 17.2 Å². The molecule has 4 aromatic rings. The van der Waals surface area contributed by atoms with E-state index in [2.05, 4.69) is 0 Å². The van der Waals surface area contributed by atoms with Crippen molar-refractivity contribution in [3.63, 3.8) is 0 Å². The van der Waals surface area contributed by atoms with Crippen LogP contribution < -0.4 is 0 Å². The van der Waals surface area contributed by atoms with Crippen molar-refractivity contribution >= 4 is 20.9 Å². The molecule has 4 rings (SSSR count). The van der Waals surface area contributed by atoms with Crippen LogP contribution in [0.3, 0.4) is 0 Å². The summed E-state index contributed by atoms with van der Waals surface area (Å²) in [4.78, 5) is 0.0338. The molecule has 1 aromatic heterocycles. The van der Waals surface area contributed by atoms with Crippen LogP contribution in [0.4, 0.5) is 8.78 Å². The molecule has 0 saturated heterocycles. The lowest BCUT2D eigenvalue weighted by Crippen LogP contribution is -2.15. The molecule has 0 aliphatic heterocycles. The van der Waals surface area contributed by atoms with Crippen LogP contribution in [0.2, 0.25) is 0 Å². The number of halogens is 2. The van der Waals surface area contributed by atoms with Crippen LogP contribution in [0.25, 0.3) is 22.2 Å². The number of hydrogen-bond donors (Lipinski definition) is 0. The Morgan fingerprint density at radius 1 is 0.852 bits per heavy atom. The number of hydrogen-bond acceptors (Lipinski definition) is 2. The molecule has 1 heterocycles. The second-order valence-electron chi connectivity index (χ2n) is 6.30. The Balaban J connectivity index is 2.10. The average molecular weight is 383 g/mol. The molecule has 0 radical (unpaired) electrons. The highest BCUT2D eigenvalue weighted by molar-refractivity contribution is 7.90. The molecule has 0 spiro atoms. The van der Waals surface area contributed by atoms with Crippen LogP contribution in [-0.2, 0) is 10.0 Å². The summed E-state index contributed by atoms with van der Waals surface area (Å²) in [6, 6.07) is 18.4. The Morgan fingerprint density at radius 2 is 1.52 bits per heavy atom. The van der Waals surface area contributed by atoms with E-state index in [-0.39, 0.29) is 21.5 Å². The zero-order valence-corrected chi connectivity index (χ0v) is 15.2. The molecule has 6 heteroatoms. The van der Waals surface area contributed by atoms with E-state index in [9.17, 15) is 17.2 Å². The van der Waals surface area contributed by atoms with Gasteiger partial charge in [0, 0.05) is 11.5 Å². The van der Waals surface area contributed by atoms with E-state index < -0.39 is 21.7 Å². The fraction of sp³-hybridized carbons (Fsp3) is 0.0476. The van der Waals surface area contributed by atoms with Crippen molar-refractivity contribution in [1.29, 1.82) is 0 Å². The number of fused-ring (bicyclic) bond motifs is 1. The Morgan fingerprint density at radius 3 is 2.19 bits per heavy atom. The van der Waals surface area contributed by atoms with Gasteiger partial charge in [-0.3, -0.25) is 0 Å². The fourth-order valence-electron chi connectivity index (χ4n) is 3.11. The number of aromatic nitrogens is 1. The molecule has 0 aliphatic carbocycles. The van der Waals surface area contributed by atoms with Gasteiger partial charge in [0.25, 0.3) is 10.0 Å². The number of nitrogens with zero attached hydrogens (tertiary/aromatic N) is 1. The van der Waals surface area contributed by atoms with Crippen molar-refractivity contribution in [2.45, 2.75) is 11.8 Å². The van der Waals surface area contributed by atoms with Gasteiger partial charge < -0.3 is 0 Å². The van der Waals surface area contributed by atoms with Gasteiger partial charge in [0.05, 0.1) is 10.6 Å². The molecule has 0 N–H and O–H groups in total. The summed E-state index contributed by atoms with van der Waals surface area (Å²) < 4.78 is 56.0. The predicted octanol–water partition coefficient (Wildman–Crippen LogP) is 5.13. The molecule has 0 saturated carbocycles. The molecular formula is C21H15F2NO2S. The number of rotatable bonds is 3. The first kappa shape index (κ1) is 17.4.